The zero-order chi connectivity index (χ0) is 23.1. The molecule has 0 radical (unpaired) electrons. The highest BCUT2D eigenvalue weighted by molar-refractivity contribution is 8.01. The fourth-order valence-electron chi connectivity index (χ4n) is 2.74. The molecule has 0 aliphatic carbocycles. The van der Waals surface area contributed by atoms with Crippen LogP contribution in [0.4, 0.5) is 10.8 Å². The van der Waals surface area contributed by atoms with Crippen LogP contribution < -0.4 is 19.1 Å². The van der Waals surface area contributed by atoms with Crippen LogP contribution in [0.2, 0.25) is 0 Å². The van der Waals surface area contributed by atoms with E-state index in [-0.39, 0.29) is 10.6 Å². The molecule has 0 bridgehead atoms. The van der Waals surface area contributed by atoms with Gasteiger partial charge in [-0.25, -0.2) is 8.42 Å². The quantitative estimate of drug-likeness (QED) is 0.337. The van der Waals surface area contributed by atoms with Crippen molar-refractivity contribution in [2.45, 2.75) is 16.2 Å². The first kappa shape index (κ1) is 23.8. The second-order valence-electron chi connectivity index (χ2n) is 6.21. The maximum Gasteiger partial charge on any atom is 0.264 e. The van der Waals surface area contributed by atoms with Gasteiger partial charge < -0.3 is 9.47 Å². The second kappa shape index (κ2) is 10.7. The molecule has 0 aliphatic heterocycles. The molecule has 32 heavy (non-hydrogen) atoms. The molecule has 0 fully saturated rings. The van der Waals surface area contributed by atoms with Gasteiger partial charge >= 0.3 is 0 Å². The Morgan fingerprint density at radius 3 is 2.47 bits per heavy atom. The molecule has 0 aliphatic rings. The minimum absolute atomic E-state index is 0.00885. The number of aromatic nitrogens is 2. The van der Waals surface area contributed by atoms with Crippen LogP contribution in [0.3, 0.4) is 0 Å². The van der Waals surface area contributed by atoms with Gasteiger partial charge in [0.05, 0.1) is 24.8 Å². The molecule has 1 N–H and O–H groups in total. The van der Waals surface area contributed by atoms with E-state index in [9.17, 15) is 13.2 Å². The number of benzene rings is 2. The number of nitrogens with zero attached hydrogens (tertiary/aromatic N) is 3. The van der Waals surface area contributed by atoms with Crippen LogP contribution in [0.15, 0.2) is 57.8 Å². The van der Waals surface area contributed by atoms with Crippen molar-refractivity contribution in [2.24, 2.45) is 0 Å². The summed E-state index contributed by atoms with van der Waals surface area (Å²) in [6, 6.07) is 12.5. The lowest BCUT2D eigenvalue weighted by Crippen LogP contribution is -2.38. The third kappa shape index (κ3) is 5.50. The maximum atomic E-state index is 13.5. The predicted molar refractivity (Wildman–Crippen MR) is 125 cm³/mol. The number of carbonyl (C=O) groups excluding carboxylic acids is 1. The molecule has 12 heteroatoms. The number of para-hydroxylation sites is 2. The van der Waals surface area contributed by atoms with Gasteiger partial charge in [-0.3, -0.25) is 14.4 Å². The summed E-state index contributed by atoms with van der Waals surface area (Å²) >= 11 is 2.73. The first-order valence-electron chi connectivity index (χ1n) is 9.45. The summed E-state index contributed by atoms with van der Waals surface area (Å²) < 4.78 is 39.2. The SMILES string of the molecule is CCSc1nnc(NC(=O)CN(c2ccccc2OC)S(=O)(=O)c2ccc(OC)cc2)s1. The zero-order valence-corrected chi connectivity index (χ0v) is 20.1. The number of hydrogen-bond acceptors (Lipinski definition) is 9. The van der Waals surface area contributed by atoms with Gasteiger partial charge in [0, 0.05) is 0 Å². The fraction of sp³-hybridized carbons (Fsp3) is 0.250. The lowest BCUT2D eigenvalue weighted by atomic mass is 10.3. The highest BCUT2D eigenvalue weighted by atomic mass is 32.2. The van der Waals surface area contributed by atoms with Crippen molar-refractivity contribution in [3.8, 4) is 11.5 Å². The molecule has 0 saturated carbocycles. The Labute approximate surface area is 194 Å². The number of nitrogens with one attached hydrogen (secondary N) is 1. The first-order chi connectivity index (χ1) is 15.4. The molecule has 1 aromatic heterocycles. The Hall–Kier alpha value is -2.83. The van der Waals surface area contributed by atoms with E-state index in [1.54, 1.807) is 36.4 Å². The molecule has 3 rings (SSSR count). The van der Waals surface area contributed by atoms with Crippen molar-refractivity contribution >= 4 is 49.8 Å². The molecule has 2 aromatic carbocycles. The average Bonchev–Trinajstić information content (AvgIpc) is 3.24. The predicted octanol–water partition coefficient (Wildman–Crippen LogP) is 3.50. The Bertz CT molecular complexity index is 1170. The minimum atomic E-state index is -4.10. The summed E-state index contributed by atoms with van der Waals surface area (Å²) in [5.41, 5.74) is 0.237. The van der Waals surface area contributed by atoms with Crippen LogP contribution in [0.5, 0.6) is 11.5 Å². The third-order valence-electron chi connectivity index (χ3n) is 4.21. The van der Waals surface area contributed by atoms with Gasteiger partial charge in [-0.15, -0.1) is 10.2 Å². The molecule has 3 aromatic rings. The normalized spacial score (nSPS) is 11.1. The summed E-state index contributed by atoms with van der Waals surface area (Å²) in [5, 5.41) is 10.9. The summed E-state index contributed by atoms with van der Waals surface area (Å²) in [6.45, 7) is 1.50. The van der Waals surface area contributed by atoms with Gasteiger partial charge in [0.1, 0.15) is 18.0 Å². The highest BCUT2D eigenvalue weighted by Gasteiger charge is 2.29. The van der Waals surface area contributed by atoms with Crippen LogP contribution in [0.25, 0.3) is 0 Å². The topological polar surface area (TPSA) is 111 Å². The Balaban J connectivity index is 1.93. The van der Waals surface area contributed by atoms with Crippen LogP contribution >= 0.6 is 23.1 Å². The first-order valence-corrected chi connectivity index (χ1v) is 12.7. The minimum Gasteiger partial charge on any atom is -0.497 e. The second-order valence-corrected chi connectivity index (χ2v) is 10.6. The van der Waals surface area contributed by atoms with Gasteiger partial charge in [0.15, 0.2) is 4.34 Å². The zero-order valence-electron chi connectivity index (χ0n) is 17.6. The average molecular weight is 495 g/mol. The smallest absolute Gasteiger partial charge is 0.264 e. The number of ether oxygens (including phenoxy) is 2. The molecule has 1 amide bonds. The van der Waals surface area contributed by atoms with Crippen molar-refractivity contribution in [3.63, 3.8) is 0 Å². The molecular weight excluding hydrogens is 472 g/mol. The van der Waals surface area contributed by atoms with E-state index in [2.05, 4.69) is 15.5 Å². The van der Waals surface area contributed by atoms with Crippen LogP contribution in [0, 0.1) is 0 Å². The molecule has 0 unspecified atom stereocenters. The van der Waals surface area contributed by atoms with E-state index >= 15 is 0 Å². The van der Waals surface area contributed by atoms with Crippen molar-refractivity contribution in [1.29, 1.82) is 0 Å². The summed E-state index contributed by atoms with van der Waals surface area (Å²) in [5.74, 6) is 1.10. The van der Waals surface area contributed by atoms with Crippen molar-refractivity contribution in [3.05, 3.63) is 48.5 Å². The molecule has 0 atom stereocenters. The van der Waals surface area contributed by atoms with Crippen LogP contribution in [0.1, 0.15) is 6.92 Å². The fourth-order valence-corrected chi connectivity index (χ4v) is 5.84. The molecule has 1 heterocycles. The third-order valence-corrected chi connectivity index (χ3v) is 7.84. The maximum absolute atomic E-state index is 13.5. The van der Waals surface area contributed by atoms with Gasteiger partial charge in [-0.05, 0) is 42.2 Å². The molecule has 0 saturated heterocycles. The van der Waals surface area contributed by atoms with Crippen molar-refractivity contribution < 1.29 is 22.7 Å². The Kier molecular flexibility index (Phi) is 7.94. The molecule has 170 valence electrons. The molecular formula is C20H22N4O5S3. The lowest BCUT2D eigenvalue weighted by molar-refractivity contribution is -0.114. The monoisotopic (exact) mass is 494 g/mol. The largest absolute Gasteiger partial charge is 0.497 e. The number of methoxy groups -OCH3 is 2. The number of hydrogen-bond donors (Lipinski definition) is 1. The molecule has 9 nitrogen and oxygen atoms in total. The lowest BCUT2D eigenvalue weighted by Gasteiger charge is -2.25. The van der Waals surface area contributed by atoms with Gasteiger partial charge in [-0.1, -0.05) is 42.2 Å². The summed E-state index contributed by atoms with van der Waals surface area (Å²) in [6.07, 6.45) is 0. The summed E-state index contributed by atoms with van der Waals surface area (Å²) in [4.78, 5) is 12.8. The number of rotatable bonds is 10. The number of sulfonamides is 1. The Morgan fingerprint density at radius 1 is 1.09 bits per heavy atom. The number of carbonyl (C=O) groups is 1. The van der Waals surface area contributed by atoms with E-state index in [1.165, 1.54) is 49.5 Å². The molecule has 0 spiro atoms. The highest BCUT2D eigenvalue weighted by Crippen LogP contribution is 2.33. The van der Waals surface area contributed by atoms with E-state index < -0.39 is 22.5 Å². The summed E-state index contributed by atoms with van der Waals surface area (Å²) in [7, 11) is -1.17. The van der Waals surface area contributed by atoms with Gasteiger partial charge in [-0.2, -0.15) is 0 Å². The van der Waals surface area contributed by atoms with E-state index in [0.717, 1.165) is 14.4 Å². The van der Waals surface area contributed by atoms with Crippen LogP contribution in [-0.4, -0.2) is 51.0 Å². The Morgan fingerprint density at radius 2 is 1.81 bits per heavy atom. The van der Waals surface area contributed by atoms with Crippen molar-refractivity contribution in [1.82, 2.24) is 10.2 Å². The number of amides is 1. The standard InChI is InChI=1S/C20H22N4O5S3/c1-4-30-20-23-22-19(31-20)21-18(25)13-24(16-7-5-6-8-17(16)29-3)32(26,27)15-11-9-14(28-2)10-12-15/h5-12H,4,13H2,1-3H3,(H,21,22,25). The van der Waals surface area contributed by atoms with E-state index in [0.29, 0.717) is 16.6 Å². The van der Waals surface area contributed by atoms with Gasteiger partial charge in [0.25, 0.3) is 10.0 Å². The van der Waals surface area contributed by atoms with Gasteiger partial charge in [0.2, 0.25) is 11.0 Å². The van der Waals surface area contributed by atoms with Crippen LogP contribution in [-0.2, 0) is 14.8 Å². The van der Waals surface area contributed by atoms with Crippen molar-refractivity contribution in [2.75, 3.05) is 36.1 Å². The van der Waals surface area contributed by atoms with E-state index in [4.69, 9.17) is 9.47 Å². The number of thioether (sulfide) groups is 1. The van der Waals surface area contributed by atoms with E-state index in [1.807, 2.05) is 6.92 Å². The number of anilines is 2.